The predicted molar refractivity (Wildman–Crippen MR) is 102 cm³/mol. The van der Waals surface area contributed by atoms with Gasteiger partial charge in [0.1, 0.15) is 0 Å². The molecule has 0 saturated heterocycles. The number of hydrogen-bond donors (Lipinski definition) is 1. The highest BCUT2D eigenvalue weighted by Gasteiger charge is 2.10. The SMILES string of the molecule is O=C(COC(=O)CCc1nc2ccccc2s1)Nc1cccc(Br)c1. The molecule has 1 N–H and O–H groups in total. The summed E-state index contributed by atoms with van der Waals surface area (Å²) in [6.45, 7) is -0.300. The lowest BCUT2D eigenvalue weighted by Gasteiger charge is -2.06. The monoisotopic (exact) mass is 418 g/mol. The Morgan fingerprint density at radius 3 is 2.80 bits per heavy atom. The van der Waals surface area contributed by atoms with E-state index in [9.17, 15) is 9.59 Å². The molecule has 0 aliphatic heterocycles. The first kappa shape index (κ1) is 17.6. The fourth-order valence-corrected chi connectivity index (χ4v) is 3.58. The van der Waals surface area contributed by atoms with Crippen LogP contribution in [0.2, 0.25) is 0 Å². The first-order chi connectivity index (χ1) is 12.1. The van der Waals surface area contributed by atoms with E-state index in [-0.39, 0.29) is 18.9 Å². The first-order valence-corrected chi connectivity index (χ1v) is 9.26. The third kappa shape index (κ3) is 5.11. The van der Waals surface area contributed by atoms with E-state index in [2.05, 4.69) is 26.2 Å². The summed E-state index contributed by atoms with van der Waals surface area (Å²) in [5.74, 6) is -0.782. The second kappa shape index (κ2) is 8.22. The number of anilines is 1. The number of carbonyl (C=O) groups excluding carboxylic acids is 2. The molecular weight excluding hydrogens is 404 g/mol. The van der Waals surface area contributed by atoms with Crippen LogP contribution in [0.1, 0.15) is 11.4 Å². The summed E-state index contributed by atoms with van der Waals surface area (Å²) in [4.78, 5) is 28.1. The molecule has 0 fully saturated rings. The second-order valence-electron chi connectivity index (χ2n) is 5.29. The molecule has 0 aliphatic carbocycles. The quantitative estimate of drug-likeness (QED) is 0.609. The number of carbonyl (C=O) groups is 2. The smallest absolute Gasteiger partial charge is 0.306 e. The lowest BCUT2D eigenvalue weighted by atomic mass is 10.3. The summed E-state index contributed by atoms with van der Waals surface area (Å²) in [5.41, 5.74) is 1.58. The van der Waals surface area contributed by atoms with Crippen LogP contribution in [0, 0.1) is 0 Å². The van der Waals surface area contributed by atoms with E-state index in [1.807, 2.05) is 36.4 Å². The number of nitrogens with one attached hydrogen (secondary N) is 1. The molecule has 1 heterocycles. The Bertz CT molecular complexity index is 877. The second-order valence-corrected chi connectivity index (χ2v) is 7.33. The number of fused-ring (bicyclic) bond motifs is 1. The van der Waals surface area contributed by atoms with Crippen LogP contribution in [0.5, 0.6) is 0 Å². The molecule has 2 aromatic carbocycles. The molecule has 1 amide bonds. The largest absolute Gasteiger partial charge is 0.456 e. The first-order valence-electron chi connectivity index (χ1n) is 7.65. The van der Waals surface area contributed by atoms with E-state index >= 15 is 0 Å². The van der Waals surface area contributed by atoms with Gasteiger partial charge >= 0.3 is 5.97 Å². The number of ether oxygens (including phenoxy) is 1. The van der Waals surface area contributed by atoms with Crippen molar-refractivity contribution in [3.05, 3.63) is 58.0 Å². The van der Waals surface area contributed by atoms with Crippen LogP contribution >= 0.6 is 27.3 Å². The maximum Gasteiger partial charge on any atom is 0.306 e. The van der Waals surface area contributed by atoms with Gasteiger partial charge in [-0.3, -0.25) is 9.59 Å². The van der Waals surface area contributed by atoms with E-state index < -0.39 is 5.97 Å². The van der Waals surface area contributed by atoms with Crippen LogP contribution < -0.4 is 5.32 Å². The molecule has 5 nitrogen and oxygen atoms in total. The van der Waals surface area contributed by atoms with Crippen molar-refractivity contribution in [1.29, 1.82) is 0 Å². The molecule has 0 bridgehead atoms. The van der Waals surface area contributed by atoms with Crippen molar-refractivity contribution in [2.45, 2.75) is 12.8 Å². The summed E-state index contributed by atoms with van der Waals surface area (Å²) < 4.78 is 6.97. The number of para-hydroxylation sites is 1. The molecule has 25 heavy (non-hydrogen) atoms. The number of halogens is 1. The number of aryl methyl sites for hydroxylation is 1. The molecule has 7 heteroatoms. The number of rotatable bonds is 6. The molecule has 0 radical (unpaired) electrons. The van der Waals surface area contributed by atoms with Crippen molar-refractivity contribution in [2.75, 3.05) is 11.9 Å². The Hall–Kier alpha value is -2.25. The highest BCUT2D eigenvalue weighted by Crippen LogP contribution is 2.22. The topological polar surface area (TPSA) is 68.3 Å². The van der Waals surface area contributed by atoms with Gasteiger partial charge in [0.05, 0.1) is 21.6 Å². The van der Waals surface area contributed by atoms with Gasteiger partial charge in [-0.05, 0) is 30.3 Å². The molecule has 128 valence electrons. The van der Waals surface area contributed by atoms with Crippen molar-refractivity contribution in [3.8, 4) is 0 Å². The summed E-state index contributed by atoms with van der Waals surface area (Å²) in [6.07, 6.45) is 0.704. The molecule has 3 rings (SSSR count). The van der Waals surface area contributed by atoms with E-state index in [4.69, 9.17) is 4.74 Å². The van der Waals surface area contributed by atoms with Gasteiger partial charge in [-0.1, -0.05) is 34.1 Å². The van der Waals surface area contributed by atoms with Crippen LogP contribution in [-0.2, 0) is 20.7 Å². The van der Waals surface area contributed by atoms with E-state index in [1.165, 1.54) is 0 Å². The van der Waals surface area contributed by atoms with Crippen molar-refractivity contribution >= 4 is 55.0 Å². The van der Waals surface area contributed by atoms with Crippen LogP contribution in [0.15, 0.2) is 53.0 Å². The Balaban J connectivity index is 1.43. The highest BCUT2D eigenvalue weighted by atomic mass is 79.9. The highest BCUT2D eigenvalue weighted by molar-refractivity contribution is 9.10. The van der Waals surface area contributed by atoms with Gasteiger partial charge in [0, 0.05) is 16.6 Å². The zero-order valence-corrected chi connectivity index (χ0v) is 15.6. The Labute approximate surface area is 157 Å². The molecule has 0 spiro atoms. The summed E-state index contributed by atoms with van der Waals surface area (Å²) in [5, 5.41) is 3.56. The molecule has 0 saturated carbocycles. The minimum atomic E-state index is -0.413. The average Bonchev–Trinajstić information content (AvgIpc) is 3.01. The van der Waals surface area contributed by atoms with Gasteiger partial charge < -0.3 is 10.1 Å². The van der Waals surface area contributed by atoms with Crippen molar-refractivity contribution in [2.24, 2.45) is 0 Å². The number of hydrogen-bond acceptors (Lipinski definition) is 5. The van der Waals surface area contributed by atoms with Crippen molar-refractivity contribution < 1.29 is 14.3 Å². The number of amides is 1. The van der Waals surface area contributed by atoms with Crippen molar-refractivity contribution in [1.82, 2.24) is 4.98 Å². The average molecular weight is 419 g/mol. The fraction of sp³-hybridized carbons (Fsp3) is 0.167. The summed E-state index contributed by atoms with van der Waals surface area (Å²) in [6, 6.07) is 15.0. The summed E-state index contributed by atoms with van der Waals surface area (Å²) >= 11 is 4.89. The number of aromatic nitrogens is 1. The lowest BCUT2D eigenvalue weighted by molar-refractivity contribution is -0.147. The molecule has 0 atom stereocenters. The zero-order chi connectivity index (χ0) is 17.6. The maximum atomic E-state index is 11.8. The predicted octanol–water partition coefficient (Wildman–Crippen LogP) is 4.17. The number of thiazole rings is 1. The Morgan fingerprint density at radius 1 is 1.16 bits per heavy atom. The van der Waals surface area contributed by atoms with E-state index in [0.717, 1.165) is 19.7 Å². The Morgan fingerprint density at radius 2 is 2.00 bits per heavy atom. The zero-order valence-electron chi connectivity index (χ0n) is 13.2. The summed E-state index contributed by atoms with van der Waals surface area (Å²) in [7, 11) is 0. The lowest BCUT2D eigenvalue weighted by Crippen LogP contribution is -2.21. The van der Waals surface area contributed by atoms with E-state index in [1.54, 1.807) is 23.5 Å². The minimum Gasteiger partial charge on any atom is -0.456 e. The van der Waals surface area contributed by atoms with Crippen LogP contribution in [0.4, 0.5) is 5.69 Å². The van der Waals surface area contributed by atoms with Gasteiger partial charge in [0.15, 0.2) is 6.61 Å². The number of benzene rings is 2. The minimum absolute atomic E-state index is 0.198. The molecular formula is C18H15BrN2O3S. The third-order valence-electron chi connectivity index (χ3n) is 3.35. The standard InChI is InChI=1S/C18H15BrN2O3S/c19-12-4-3-5-13(10-12)20-16(22)11-24-18(23)9-8-17-21-14-6-1-2-7-15(14)25-17/h1-7,10H,8-9,11H2,(H,20,22). The van der Waals surface area contributed by atoms with E-state index in [0.29, 0.717) is 12.1 Å². The van der Waals surface area contributed by atoms with Gasteiger partial charge in [0.25, 0.3) is 5.91 Å². The molecule has 0 unspecified atom stereocenters. The van der Waals surface area contributed by atoms with Gasteiger partial charge in [-0.2, -0.15) is 0 Å². The van der Waals surface area contributed by atoms with Crippen molar-refractivity contribution in [3.63, 3.8) is 0 Å². The third-order valence-corrected chi connectivity index (χ3v) is 4.94. The van der Waals surface area contributed by atoms with Gasteiger partial charge in [-0.25, -0.2) is 4.98 Å². The normalized spacial score (nSPS) is 10.6. The number of esters is 1. The van der Waals surface area contributed by atoms with Crippen LogP contribution in [0.3, 0.4) is 0 Å². The van der Waals surface area contributed by atoms with Crippen LogP contribution in [0.25, 0.3) is 10.2 Å². The molecule has 1 aromatic heterocycles. The fourth-order valence-electron chi connectivity index (χ4n) is 2.22. The molecule has 3 aromatic rings. The van der Waals surface area contributed by atoms with Crippen LogP contribution in [-0.4, -0.2) is 23.5 Å². The maximum absolute atomic E-state index is 11.8. The Kier molecular flexibility index (Phi) is 5.78. The number of nitrogens with zero attached hydrogens (tertiary/aromatic N) is 1. The van der Waals surface area contributed by atoms with Gasteiger partial charge in [0.2, 0.25) is 0 Å². The van der Waals surface area contributed by atoms with Gasteiger partial charge in [-0.15, -0.1) is 11.3 Å². The molecule has 0 aliphatic rings.